The van der Waals surface area contributed by atoms with E-state index in [1.54, 1.807) is 13.0 Å². The number of halogens is 3. The van der Waals surface area contributed by atoms with Gasteiger partial charge in [-0.3, -0.25) is 9.52 Å². The number of benzene rings is 2. The second-order valence-electron chi connectivity index (χ2n) is 7.45. The zero-order valence-electron chi connectivity index (χ0n) is 17.5. The number of hydrogen-bond donors (Lipinski definition) is 3. The average molecular weight is 507 g/mol. The summed E-state index contributed by atoms with van der Waals surface area (Å²) in [7, 11) is -1.64. The Bertz CT molecular complexity index is 1080. The van der Waals surface area contributed by atoms with Crippen LogP contribution < -0.4 is 15.4 Å². The third kappa shape index (κ3) is 6.05. The summed E-state index contributed by atoms with van der Waals surface area (Å²) in [5.41, 5.74) is 3.82. The molecule has 3 rings (SSSR count). The molecule has 0 saturated heterocycles. The van der Waals surface area contributed by atoms with Gasteiger partial charge in [0.15, 0.2) is 0 Å². The first-order valence-corrected chi connectivity index (χ1v) is 12.3. The van der Waals surface area contributed by atoms with Gasteiger partial charge in [0.05, 0.1) is 27.7 Å². The summed E-state index contributed by atoms with van der Waals surface area (Å²) in [6.45, 7) is 1.74. The maximum Gasteiger partial charge on any atom is 0.229 e. The molecule has 0 heterocycles. The minimum Gasteiger partial charge on any atom is -0.324 e. The molecule has 0 radical (unpaired) electrons. The molecule has 2 aromatic carbocycles. The van der Waals surface area contributed by atoms with Gasteiger partial charge in [-0.15, -0.1) is 12.4 Å². The molecule has 170 valence electrons. The number of hydrogen-bond acceptors (Lipinski definition) is 4. The molecule has 6 nitrogen and oxygen atoms in total. The van der Waals surface area contributed by atoms with Crippen LogP contribution in [0.3, 0.4) is 0 Å². The van der Waals surface area contributed by atoms with E-state index in [9.17, 15) is 13.2 Å². The third-order valence-electron chi connectivity index (χ3n) is 5.30. The van der Waals surface area contributed by atoms with E-state index in [0.717, 1.165) is 35.8 Å². The van der Waals surface area contributed by atoms with E-state index in [2.05, 4.69) is 15.4 Å². The van der Waals surface area contributed by atoms with Crippen LogP contribution in [0.25, 0.3) is 0 Å². The van der Waals surface area contributed by atoms with Gasteiger partial charge >= 0.3 is 0 Å². The lowest BCUT2D eigenvalue weighted by molar-refractivity contribution is -0.115. The van der Waals surface area contributed by atoms with Crippen molar-refractivity contribution < 1.29 is 13.2 Å². The van der Waals surface area contributed by atoms with Crippen LogP contribution in [0, 0.1) is 0 Å². The van der Waals surface area contributed by atoms with Crippen molar-refractivity contribution >= 4 is 62.9 Å². The summed E-state index contributed by atoms with van der Waals surface area (Å²) in [5, 5.41) is 7.11. The molecule has 0 unspecified atom stereocenters. The fraction of sp³-hybridized carbons (Fsp3) is 0.381. The molecule has 0 aromatic heterocycles. The van der Waals surface area contributed by atoms with E-state index >= 15 is 0 Å². The molecule has 1 aliphatic rings. The highest BCUT2D eigenvalue weighted by Crippen LogP contribution is 2.45. The highest BCUT2D eigenvalue weighted by atomic mass is 35.5. The van der Waals surface area contributed by atoms with Crippen LogP contribution >= 0.6 is 35.6 Å². The summed E-state index contributed by atoms with van der Waals surface area (Å²) in [6, 6.07) is 9.34. The molecule has 1 amide bonds. The molecule has 2 atom stereocenters. The van der Waals surface area contributed by atoms with Gasteiger partial charge in [0.1, 0.15) is 0 Å². The summed E-state index contributed by atoms with van der Waals surface area (Å²) >= 11 is 12.3. The number of nitrogens with one attached hydrogen (secondary N) is 3. The van der Waals surface area contributed by atoms with Crippen molar-refractivity contribution in [2.45, 2.75) is 38.1 Å². The number of fused-ring (bicyclic) bond motifs is 1. The Kier molecular flexibility index (Phi) is 8.64. The van der Waals surface area contributed by atoms with Crippen molar-refractivity contribution in [2.24, 2.45) is 0 Å². The molecule has 3 N–H and O–H groups in total. The standard InChI is InChI=1S/C21H25Cl2N3O3S.ClH/c1-4-21(27)25-19-10-14-13(12-5-7-16(22)17(23)9-12)6-8-18(24-2)15(14)11-20(19)26-30(3,28)29;/h5,7,9-11,13,18,24,26H,4,6,8H2,1-3H3,(H,25,27);1H/t13-,18-;/m0./s1. The highest BCUT2D eigenvalue weighted by molar-refractivity contribution is 7.92. The Labute approximate surface area is 199 Å². The monoisotopic (exact) mass is 505 g/mol. The maximum absolute atomic E-state index is 12.1. The predicted molar refractivity (Wildman–Crippen MR) is 130 cm³/mol. The van der Waals surface area contributed by atoms with E-state index in [0.29, 0.717) is 21.4 Å². The Balaban J connectivity index is 0.00000341. The van der Waals surface area contributed by atoms with Gasteiger partial charge in [0, 0.05) is 18.4 Å². The number of carbonyl (C=O) groups is 1. The Morgan fingerprint density at radius 3 is 2.32 bits per heavy atom. The lowest BCUT2D eigenvalue weighted by Gasteiger charge is -2.33. The number of amides is 1. The van der Waals surface area contributed by atoms with Gasteiger partial charge < -0.3 is 10.6 Å². The van der Waals surface area contributed by atoms with E-state index in [1.807, 2.05) is 31.3 Å². The first-order chi connectivity index (χ1) is 14.1. The number of rotatable bonds is 6. The van der Waals surface area contributed by atoms with Crippen molar-refractivity contribution in [2.75, 3.05) is 23.3 Å². The average Bonchev–Trinajstić information content (AvgIpc) is 2.68. The smallest absolute Gasteiger partial charge is 0.229 e. The minimum absolute atomic E-state index is 0. The van der Waals surface area contributed by atoms with Crippen LogP contribution in [0.2, 0.25) is 10.0 Å². The first-order valence-electron chi connectivity index (χ1n) is 9.70. The highest BCUT2D eigenvalue weighted by Gasteiger charge is 2.30. The van der Waals surface area contributed by atoms with Gasteiger partial charge in [0.25, 0.3) is 0 Å². The van der Waals surface area contributed by atoms with E-state index < -0.39 is 10.0 Å². The fourth-order valence-electron chi connectivity index (χ4n) is 3.88. The quantitative estimate of drug-likeness (QED) is 0.495. The van der Waals surface area contributed by atoms with Gasteiger partial charge in [-0.05, 0) is 60.8 Å². The SMILES string of the molecule is CCC(=O)Nc1cc2c(cc1NS(C)(=O)=O)[C@@H](NC)CC[C@H]2c1ccc(Cl)c(Cl)c1.Cl. The van der Waals surface area contributed by atoms with E-state index in [4.69, 9.17) is 23.2 Å². The van der Waals surface area contributed by atoms with Gasteiger partial charge in [-0.1, -0.05) is 36.2 Å². The Hall–Kier alpha value is -1.51. The summed E-state index contributed by atoms with van der Waals surface area (Å²) < 4.78 is 26.4. The fourth-order valence-corrected chi connectivity index (χ4v) is 4.76. The zero-order chi connectivity index (χ0) is 22.1. The predicted octanol–water partition coefficient (Wildman–Crippen LogP) is 5.32. The second kappa shape index (κ2) is 10.4. The van der Waals surface area contributed by atoms with E-state index in [1.165, 1.54) is 0 Å². The zero-order valence-corrected chi connectivity index (χ0v) is 20.6. The van der Waals surface area contributed by atoms with Crippen molar-refractivity contribution in [1.29, 1.82) is 0 Å². The molecule has 0 bridgehead atoms. The molecular weight excluding hydrogens is 481 g/mol. The topological polar surface area (TPSA) is 87.3 Å². The van der Waals surface area contributed by atoms with Crippen LogP contribution in [0.1, 0.15) is 54.8 Å². The molecule has 31 heavy (non-hydrogen) atoms. The van der Waals surface area contributed by atoms with Crippen LogP contribution in [0.4, 0.5) is 11.4 Å². The van der Waals surface area contributed by atoms with Crippen LogP contribution in [0.15, 0.2) is 30.3 Å². The molecule has 1 aliphatic carbocycles. The lowest BCUT2D eigenvalue weighted by Crippen LogP contribution is -2.25. The van der Waals surface area contributed by atoms with Gasteiger partial charge in [-0.2, -0.15) is 0 Å². The third-order valence-corrected chi connectivity index (χ3v) is 6.63. The first kappa shape index (κ1) is 25.7. The molecule has 2 aromatic rings. The lowest BCUT2D eigenvalue weighted by atomic mass is 9.76. The molecule has 0 fully saturated rings. The molecule has 10 heteroatoms. The molecular formula is C21H26Cl3N3O3S. The number of anilines is 2. The Morgan fingerprint density at radius 1 is 1.06 bits per heavy atom. The maximum atomic E-state index is 12.1. The number of sulfonamides is 1. The molecule has 0 spiro atoms. The largest absolute Gasteiger partial charge is 0.324 e. The second-order valence-corrected chi connectivity index (χ2v) is 10.0. The molecule has 0 aliphatic heterocycles. The van der Waals surface area contributed by atoms with E-state index in [-0.39, 0.29) is 36.7 Å². The summed E-state index contributed by atoms with van der Waals surface area (Å²) in [4.78, 5) is 12.1. The normalized spacial score (nSPS) is 18.0. The van der Waals surface area contributed by atoms with Crippen LogP contribution in [-0.4, -0.2) is 27.6 Å². The van der Waals surface area contributed by atoms with Gasteiger partial charge in [0.2, 0.25) is 15.9 Å². The minimum atomic E-state index is -3.52. The van der Waals surface area contributed by atoms with Crippen molar-refractivity contribution in [3.8, 4) is 0 Å². The molecule has 0 saturated carbocycles. The Morgan fingerprint density at radius 2 is 1.74 bits per heavy atom. The van der Waals surface area contributed by atoms with Gasteiger partial charge in [-0.25, -0.2) is 8.42 Å². The van der Waals surface area contributed by atoms with Crippen molar-refractivity contribution in [1.82, 2.24) is 5.32 Å². The van der Waals surface area contributed by atoms with Crippen molar-refractivity contribution in [3.05, 3.63) is 57.1 Å². The van der Waals surface area contributed by atoms with Crippen LogP contribution in [0.5, 0.6) is 0 Å². The summed E-state index contributed by atoms with van der Waals surface area (Å²) in [6.07, 6.45) is 3.11. The number of carbonyl (C=O) groups excluding carboxylic acids is 1. The van der Waals surface area contributed by atoms with Crippen LogP contribution in [-0.2, 0) is 14.8 Å². The van der Waals surface area contributed by atoms with Crippen molar-refractivity contribution in [3.63, 3.8) is 0 Å². The summed E-state index contributed by atoms with van der Waals surface area (Å²) in [5.74, 6) is -0.150.